The van der Waals surface area contributed by atoms with E-state index in [1.807, 2.05) is 30.3 Å². The molecule has 26 heavy (non-hydrogen) atoms. The molecule has 2 rings (SSSR count). The predicted molar refractivity (Wildman–Crippen MR) is 106 cm³/mol. The van der Waals surface area contributed by atoms with Crippen molar-refractivity contribution in [3.63, 3.8) is 0 Å². The Balaban J connectivity index is 2.20. The maximum absolute atomic E-state index is 13.3. The smallest absolute Gasteiger partial charge is 0.286 e. The van der Waals surface area contributed by atoms with Crippen molar-refractivity contribution in [2.75, 3.05) is 18.4 Å². The van der Waals surface area contributed by atoms with Crippen molar-refractivity contribution in [3.8, 4) is 0 Å². The molecule has 8 heteroatoms. The molecule has 2 heterocycles. The molecule has 142 valence electrons. The van der Waals surface area contributed by atoms with Crippen LogP contribution >= 0.6 is 12.8 Å². The molecular formula is C18H25F2N5S. The number of rotatable bonds is 7. The Hall–Kier alpha value is -1.93. The maximum Gasteiger partial charge on any atom is 0.286 e. The summed E-state index contributed by atoms with van der Waals surface area (Å²) in [5, 5.41) is 6.41. The van der Waals surface area contributed by atoms with E-state index < -0.39 is 5.92 Å². The number of hydrogen-bond acceptors (Lipinski definition) is 5. The minimum absolute atomic E-state index is 0.168. The van der Waals surface area contributed by atoms with Gasteiger partial charge in [0.15, 0.2) is 0 Å². The van der Waals surface area contributed by atoms with Gasteiger partial charge >= 0.3 is 0 Å². The van der Waals surface area contributed by atoms with Gasteiger partial charge in [0.05, 0.1) is 23.6 Å². The molecule has 0 atom stereocenters. The fraction of sp³-hybridized carbons (Fsp3) is 0.444. The number of thiol groups is 1. The molecule has 2 N–H and O–H groups in total. The van der Waals surface area contributed by atoms with Crippen LogP contribution in [-0.2, 0) is 5.92 Å². The third kappa shape index (κ3) is 5.81. The lowest BCUT2D eigenvalue weighted by Gasteiger charge is -2.32. The zero-order chi connectivity index (χ0) is 19.2. The van der Waals surface area contributed by atoms with E-state index in [9.17, 15) is 8.78 Å². The quantitative estimate of drug-likeness (QED) is 0.380. The van der Waals surface area contributed by atoms with Crippen LogP contribution in [0.15, 0.2) is 47.4 Å². The summed E-state index contributed by atoms with van der Waals surface area (Å²) >= 11 is 4.27. The van der Waals surface area contributed by atoms with Crippen molar-refractivity contribution in [2.24, 2.45) is 4.99 Å². The third-order valence-corrected chi connectivity index (χ3v) is 4.02. The van der Waals surface area contributed by atoms with Crippen LogP contribution in [0.2, 0.25) is 0 Å². The predicted octanol–water partition coefficient (Wildman–Crippen LogP) is 3.95. The van der Waals surface area contributed by atoms with Crippen LogP contribution in [-0.4, -0.2) is 34.3 Å². The number of aliphatic imine (C=N–C) groups is 1. The second kappa shape index (κ2) is 9.14. The van der Waals surface area contributed by atoms with Crippen LogP contribution < -0.4 is 10.6 Å². The lowest BCUT2D eigenvalue weighted by Crippen LogP contribution is -2.45. The molecule has 0 saturated carbocycles. The van der Waals surface area contributed by atoms with Gasteiger partial charge in [0.25, 0.3) is 5.92 Å². The van der Waals surface area contributed by atoms with Crippen LogP contribution in [0.5, 0.6) is 0 Å². The third-order valence-electron chi connectivity index (χ3n) is 3.70. The van der Waals surface area contributed by atoms with Crippen molar-refractivity contribution in [3.05, 3.63) is 48.1 Å². The molecule has 0 radical (unpaired) electrons. The SMILES string of the molecule is C/C=C\NC(=NC1CN(S)C1)/C(=C/CC)Nc1ccc(C(C)(F)F)nc1. The molecule has 1 saturated heterocycles. The van der Waals surface area contributed by atoms with Crippen LogP contribution in [0.1, 0.15) is 32.9 Å². The fourth-order valence-corrected chi connectivity index (χ4v) is 2.72. The number of nitrogens with one attached hydrogen (secondary N) is 2. The summed E-state index contributed by atoms with van der Waals surface area (Å²) in [4.78, 5) is 8.59. The van der Waals surface area contributed by atoms with Gasteiger partial charge in [0, 0.05) is 20.0 Å². The number of pyridine rings is 1. The van der Waals surface area contributed by atoms with E-state index in [1.165, 1.54) is 12.3 Å². The highest BCUT2D eigenvalue weighted by atomic mass is 32.1. The minimum Gasteiger partial charge on any atom is -0.352 e. The highest BCUT2D eigenvalue weighted by Crippen LogP contribution is 2.25. The van der Waals surface area contributed by atoms with Gasteiger partial charge in [0.2, 0.25) is 0 Å². The van der Waals surface area contributed by atoms with Crippen LogP contribution in [0.4, 0.5) is 14.5 Å². The average Bonchev–Trinajstić information content (AvgIpc) is 2.56. The molecule has 0 aliphatic carbocycles. The highest BCUT2D eigenvalue weighted by Gasteiger charge is 2.26. The van der Waals surface area contributed by atoms with E-state index in [4.69, 9.17) is 4.99 Å². The summed E-state index contributed by atoms with van der Waals surface area (Å²) in [5.74, 6) is -2.26. The number of halogens is 2. The minimum atomic E-state index is -2.95. The zero-order valence-corrected chi connectivity index (χ0v) is 16.1. The Bertz CT molecular complexity index is 674. The van der Waals surface area contributed by atoms with E-state index >= 15 is 0 Å². The van der Waals surface area contributed by atoms with Crippen molar-refractivity contribution in [1.82, 2.24) is 14.6 Å². The summed E-state index contributed by atoms with van der Waals surface area (Å²) in [5.41, 5.74) is 1.14. The van der Waals surface area contributed by atoms with Crippen LogP contribution in [0, 0.1) is 0 Å². The molecule has 1 fully saturated rings. The van der Waals surface area contributed by atoms with Gasteiger partial charge in [-0.3, -0.25) is 9.98 Å². The standard InChI is InChI=1S/C18H25F2N5S/c1-4-6-15(17(21-9-5-2)24-14-11-25(26)12-14)23-13-7-8-16(22-10-13)18(3,19)20/h5-10,14,23,26H,4,11-12H2,1-3H3,(H,21,24)/b9-5-,15-6-. The van der Waals surface area contributed by atoms with Crippen molar-refractivity contribution >= 4 is 24.3 Å². The number of hydrogen-bond donors (Lipinski definition) is 3. The molecule has 1 aromatic heterocycles. The second-order valence-corrected chi connectivity index (χ2v) is 6.68. The molecular weight excluding hydrogens is 356 g/mol. The zero-order valence-electron chi connectivity index (χ0n) is 15.2. The Morgan fingerprint density at radius 2 is 2.19 bits per heavy atom. The Labute approximate surface area is 158 Å². The van der Waals surface area contributed by atoms with Crippen molar-refractivity contribution < 1.29 is 8.78 Å². The number of anilines is 1. The van der Waals surface area contributed by atoms with Crippen molar-refractivity contribution in [1.29, 1.82) is 0 Å². The van der Waals surface area contributed by atoms with E-state index in [2.05, 4.69) is 28.4 Å². The van der Waals surface area contributed by atoms with Crippen molar-refractivity contribution in [2.45, 2.75) is 39.2 Å². The van der Waals surface area contributed by atoms with E-state index in [1.54, 1.807) is 12.3 Å². The summed E-state index contributed by atoms with van der Waals surface area (Å²) in [6.45, 7) is 6.33. The van der Waals surface area contributed by atoms with Gasteiger partial charge in [-0.15, -0.1) is 0 Å². The second-order valence-electron chi connectivity index (χ2n) is 6.12. The van der Waals surface area contributed by atoms with Crippen LogP contribution in [0.25, 0.3) is 0 Å². The first-order valence-corrected chi connectivity index (χ1v) is 8.94. The molecule has 5 nitrogen and oxygen atoms in total. The monoisotopic (exact) mass is 381 g/mol. The lowest BCUT2D eigenvalue weighted by atomic mass is 10.2. The molecule has 1 aromatic rings. The number of aromatic nitrogens is 1. The molecule has 1 aliphatic rings. The first-order chi connectivity index (χ1) is 12.3. The summed E-state index contributed by atoms with van der Waals surface area (Å²) < 4.78 is 28.5. The Morgan fingerprint density at radius 3 is 2.69 bits per heavy atom. The number of allylic oxidation sites excluding steroid dienone is 2. The highest BCUT2D eigenvalue weighted by molar-refractivity contribution is 7.77. The van der Waals surface area contributed by atoms with Gasteiger partial charge in [-0.05, 0) is 31.7 Å². The first-order valence-electron chi connectivity index (χ1n) is 8.54. The fourth-order valence-electron chi connectivity index (χ4n) is 2.34. The largest absolute Gasteiger partial charge is 0.352 e. The van der Waals surface area contributed by atoms with Gasteiger partial charge in [-0.2, -0.15) is 8.78 Å². The van der Waals surface area contributed by atoms with Gasteiger partial charge in [0.1, 0.15) is 11.5 Å². The van der Waals surface area contributed by atoms with E-state index in [-0.39, 0.29) is 11.7 Å². The summed E-state index contributed by atoms with van der Waals surface area (Å²) in [6, 6.07) is 3.09. The lowest BCUT2D eigenvalue weighted by molar-refractivity contribution is 0.0128. The molecule has 0 amide bonds. The average molecular weight is 381 g/mol. The first kappa shape index (κ1) is 20.4. The molecule has 0 unspecified atom stereocenters. The normalized spacial score (nSPS) is 17.5. The maximum atomic E-state index is 13.3. The molecule has 0 spiro atoms. The molecule has 0 aromatic carbocycles. The summed E-state index contributed by atoms with van der Waals surface area (Å²) in [6.07, 6.45) is 7.88. The Morgan fingerprint density at radius 1 is 1.46 bits per heavy atom. The molecule has 1 aliphatic heterocycles. The topological polar surface area (TPSA) is 52.6 Å². The van der Waals surface area contributed by atoms with Crippen LogP contribution in [0.3, 0.4) is 0 Å². The number of amidine groups is 1. The van der Waals surface area contributed by atoms with Gasteiger partial charge in [-0.1, -0.05) is 31.9 Å². The number of nitrogens with zero attached hydrogens (tertiary/aromatic N) is 3. The molecule has 0 bridgehead atoms. The van der Waals surface area contributed by atoms with Gasteiger partial charge < -0.3 is 10.6 Å². The van der Waals surface area contributed by atoms with E-state index in [0.29, 0.717) is 11.5 Å². The summed E-state index contributed by atoms with van der Waals surface area (Å²) in [7, 11) is 0. The Kier molecular flexibility index (Phi) is 7.16. The van der Waals surface area contributed by atoms with E-state index in [0.717, 1.165) is 32.1 Å². The van der Waals surface area contributed by atoms with Gasteiger partial charge in [-0.25, -0.2) is 4.31 Å². The number of alkyl halides is 2.